The van der Waals surface area contributed by atoms with Gasteiger partial charge >= 0.3 is 0 Å². The average Bonchev–Trinajstić information content (AvgIpc) is 2.78. The lowest BCUT2D eigenvalue weighted by molar-refractivity contribution is -0.122. The van der Waals surface area contributed by atoms with Gasteiger partial charge in [0.15, 0.2) is 5.11 Å². The van der Waals surface area contributed by atoms with Gasteiger partial charge in [0, 0.05) is 18.8 Å². The number of hydrogen-bond acceptors (Lipinski definition) is 6. The van der Waals surface area contributed by atoms with Crippen molar-refractivity contribution in [3.05, 3.63) is 59.7 Å². The Morgan fingerprint density at radius 3 is 2.27 bits per heavy atom. The SMILES string of the molecule is COc1ccc(N2C(=O)/C(=C/c3ccc(N4CCOCC4)cc3)C(=O)NC2=S)cc1. The van der Waals surface area contributed by atoms with Crippen LogP contribution >= 0.6 is 12.2 Å². The van der Waals surface area contributed by atoms with Crippen LogP contribution in [0.15, 0.2) is 54.1 Å². The van der Waals surface area contributed by atoms with Crippen LogP contribution in [-0.2, 0) is 14.3 Å². The van der Waals surface area contributed by atoms with Gasteiger partial charge in [-0.05, 0) is 60.3 Å². The topological polar surface area (TPSA) is 71.1 Å². The highest BCUT2D eigenvalue weighted by atomic mass is 32.1. The highest BCUT2D eigenvalue weighted by Gasteiger charge is 2.34. The summed E-state index contributed by atoms with van der Waals surface area (Å²) >= 11 is 5.23. The standard InChI is InChI=1S/C22H21N3O4S/c1-28-18-8-6-17(7-9-18)25-21(27)19(20(26)23-22(25)30)14-15-2-4-16(5-3-15)24-10-12-29-13-11-24/h2-9,14H,10-13H2,1H3,(H,23,26,30)/b19-14+. The molecule has 0 spiro atoms. The summed E-state index contributed by atoms with van der Waals surface area (Å²) in [6.45, 7) is 3.11. The zero-order chi connectivity index (χ0) is 21.1. The summed E-state index contributed by atoms with van der Waals surface area (Å²) < 4.78 is 10.5. The monoisotopic (exact) mass is 423 g/mol. The number of rotatable bonds is 4. The Labute approximate surface area is 179 Å². The molecule has 8 heteroatoms. The molecule has 1 N–H and O–H groups in total. The van der Waals surface area contributed by atoms with Gasteiger partial charge in [-0.25, -0.2) is 0 Å². The number of nitrogens with zero attached hydrogens (tertiary/aromatic N) is 2. The molecule has 0 saturated carbocycles. The molecule has 2 aliphatic heterocycles. The summed E-state index contributed by atoms with van der Waals surface area (Å²) in [7, 11) is 1.57. The minimum absolute atomic E-state index is 0.0264. The molecule has 0 unspecified atom stereocenters. The maximum absolute atomic E-state index is 13.1. The van der Waals surface area contributed by atoms with Crippen molar-refractivity contribution in [1.82, 2.24) is 5.32 Å². The van der Waals surface area contributed by atoms with Crippen molar-refractivity contribution < 1.29 is 19.1 Å². The number of carbonyl (C=O) groups is 2. The van der Waals surface area contributed by atoms with Gasteiger partial charge in [-0.15, -0.1) is 0 Å². The molecule has 0 atom stereocenters. The van der Waals surface area contributed by atoms with Gasteiger partial charge in [-0.1, -0.05) is 12.1 Å². The smallest absolute Gasteiger partial charge is 0.270 e. The first-order valence-electron chi connectivity index (χ1n) is 9.55. The fraction of sp³-hybridized carbons (Fsp3) is 0.227. The second-order valence-electron chi connectivity index (χ2n) is 6.85. The molecule has 7 nitrogen and oxygen atoms in total. The van der Waals surface area contributed by atoms with E-state index in [4.69, 9.17) is 21.7 Å². The molecule has 0 radical (unpaired) electrons. The molecule has 2 amide bonds. The molecule has 2 saturated heterocycles. The van der Waals surface area contributed by atoms with Crippen molar-refractivity contribution in [3.63, 3.8) is 0 Å². The van der Waals surface area contributed by atoms with Crippen molar-refractivity contribution in [3.8, 4) is 5.75 Å². The predicted octanol–water partition coefficient (Wildman–Crippen LogP) is 2.36. The summed E-state index contributed by atoms with van der Waals surface area (Å²) in [4.78, 5) is 29.1. The quantitative estimate of drug-likeness (QED) is 0.463. The largest absolute Gasteiger partial charge is 0.497 e. The van der Waals surface area contributed by atoms with Crippen LogP contribution in [0.25, 0.3) is 6.08 Å². The van der Waals surface area contributed by atoms with E-state index in [1.165, 1.54) is 4.90 Å². The summed E-state index contributed by atoms with van der Waals surface area (Å²) in [6.07, 6.45) is 1.58. The van der Waals surface area contributed by atoms with Crippen LogP contribution < -0.4 is 19.9 Å². The van der Waals surface area contributed by atoms with E-state index >= 15 is 0 Å². The Bertz CT molecular complexity index is 996. The maximum atomic E-state index is 13.1. The number of nitrogens with one attached hydrogen (secondary N) is 1. The lowest BCUT2D eigenvalue weighted by atomic mass is 10.1. The highest BCUT2D eigenvalue weighted by molar-refractivity contribution is 7.80. The van der Waals surface area contributed by atoms with E-state index in [-0.39, 0.29) is 10.7 Å². The Morgan fingerprint density at radius 2 is 1.63 bits per heavy atom. The number of ether oxygens (including phenoxy) is 2. The van der Waals surface area contributed by atoms with Crippen LogP contribution in [0.3, 0.4) is 0 Å². The zero-order valence-electron chi connectivity index (χ0n) is 16.5. The Kier molecular flexibility index (Phi) is 5.78. The number of benzene rings is 2. The highest BCUT2D eigenvalue weighted by Crippen LogP contribution is 2.25. The third-order valence-corrected chi connectivity index (χ3v) is 5.30. The van der Waals surface area contributed by atoms with Crippen LogP contribution in [0.5, 0.6) is 5.75 Å². The normalized spacial score (nSPS) is 18.6. The van der Waals surface area contributed by atoms with Crippen molar-refractivity contribution in [2.75, 3.05) is 43.2 Å². The molecular weight excluding hydrogens is 402 g/mol. The molecule has 0 bridgehead atoms. The van der Waals surface area contributed by atoms with Gasteiger partial charge in [0.1, 0.15) is 11.3 Å². The molecule has 154 valence electrons. The third-order valence-electron chi connectivity index (χ3n) is 5.01. The van der Waals surface area contributed by atoms with Gasteiger partial charge in [0.05, 0.1) is 26.0 Å². The molecular formula is C22H21N3O4S. The minimum atomic E-state index is -0.507. The summed E-state index contributed by atoms with van der Waals surface area (Å²) in [5, 5.41) is 2.65. The van der Waals surface area contributed by atoms with Gasteiger partial charge in [-0.3, -0.25) is 19.8 Å². The molecule has 2 aliphatic rings. The molecule has 2 heterocycles. The van der Waals surface area contributed by atoms with Crippen molar-refractivity contribution in [1.29, 1.82) is 0 Å². The van der Waals surface area contributed by atoms with Crippen molar-refractivity contribution in [2.24, 2.45) is 0 Å². The predicted molar refractivity (Wildman–Crippen MR) is 119 cm³/mol. The Morgan fingerprint density at radius 1 is 1.00 bits per heavy atom. The van der Waals surface area contributed by atoms with E-state index in [0.717, 1.165) is 24.3 Å². The number of carbonyl (C=O) groups excluding carboxylic acids is 2. The van der Waals surface area contributed by atoms with E-state index in [1.807, 2.05) is 24.3 Å². The van der Waals surface area contributed by atoms with E-state index in [1.54, 1.807) is 37.5 Å². The Balaban J connectivity index is 1.58. The second-order valence-corrected chi connectivity index (χ2v) is 7.23. The van der Waals surface area contributed by atoms with E-state index in [2.05, 4.69) is 10.2 Å². The van der Waals surface area contributed by atoms with Gasteiger partial charge < -0.3 is 14.4 Å². The fourth-order valence-electron chi connectivity index (χ4n) is 3.39. The average molecular weight is 423 g/mol. The van der Waals surface area contributed by atoms with Crippen LogP contribution in [0, 0.1) is 0 Å². The van der Waals surface area contributed by atoms with E-state index in [9.17, 15) is 9.59 Å². The molecule has 2 aromatic rings. The number of hydrogen-bond donors (Lipinski definition) is 1. The molecule has 30 heavy (non-hydrogen) atoms. The van der Waals surface area contributed by atoms with Crippen molar-refractivity contribution in [2.45, 2.75) is 0 Å². The summed E-state index contributed by atoms with van der Waals surface area (Å²) in [5.74, 6) is -0.313. The van der Waals surface area contributed by atoms with Crippen molar-refractivity contribution >= 4 is 46.6 Å². The van der Waals surface area contributed by atoms with Gasteiger partial charge in [0.25, 0.3) is 11.8 Å². The van der Waals surface area contributed by atoms with E-state index in [0.29, 0.717) is 24.7 Å². The first-order valence-corrected chi connectivity index (χ1v) is 9.96. The number of methoxy groups -OCH3 is 1. The Hall–Kier alpha value is -3.23. The number of anilines is 2. The number of thiocarbonyl (C=S) groups is 1. The molecule has 4 rings (SSSR count). The lowest BCUT2D eigenvalue weighted by Gasteiger charge is -2.29. The second kappa shape index (κ2) is 8.64. The minimum Gasteiger partial charge on any atom is -0.497 e. The first-order chi connectivity index (χ1) is 14.6. The zero-order valence-corrected chi connectivity index (χ0v) is 17.3. The molecule has 2 aromatic carbocycles. The maximum Gasteiger partial charge on any atom is 0.270 e. The van der Waals surface area contributed by atoms with Gasteiger partial charge in [-0.2, -0.15) is 0 Å². The molecule has 0 aliphatic carbocycles. The van der Waals surface area contributed by atoms with E-state index < -0.39 is 11.8 Å². The van der Waals surface area contributed by atoms with Crippen LogP contribution in [0.4, 0.5) is 11.4 Å². The third kappa shape index (κ3) is 4.05. The van der Waals surface area contributed by atoms with Crippen LogP contribution in [0.2, 0.25) is 0 Å². The molecule has 0 aromatic heterocycles. The summed E-state index contributed by atoms with van der Waals surface area (Å²) in [6, 6.07) is 14.6. The lowest BCUT2D eigenvalue weighted by Crippen LogP contribution is -2.54. The number of amides is 2. The fourth-order valence-corrected chi connectivity index (χ4v) is 3.67. The summed E-state index contributed by atoms with van der Waals surface area (Å²) in [5.41, 5.74) is 2.42. The van der Waals surface area contributed by atoms with Crippen LogP contribution in [-0.4, -0.2) is 50.3 Å². The van der Waals surface area contributed by atoms with Gasteiger partial charge in [0.2, 0.25) is 0 Å². The van der Waals surface area contributed by atoms with Crippen LogP contribution in [0.1, 0.15) is 5.56 Å². The first kappa shape index (κ1) is 20.1. The number of morpholine rings is 1. The molecule has 2 fully saturated rings.